The molecule has 0 aromatic heterocycles. The molecule has 4 heteroatoms. The summed E-state index contributed by atoms with van der Waals surface area (Å²) in [6.07, 6.45) is 6.43. The summed E-state index contributed by atoms with van der Waals surface area (Å²) in [7, 11) is 0. The van der Waals surface area contributed by atoms with E-state index >= 15 is 0 Å². The van der Waals surface area contributed by atoms with Gasteiger partial charge in [0.1, 0.15) is 0 Å². The minimum absolute atomic E-state index is 0.327. The quantitative estimate of drug-likeness (QED) is 0.729. The second kappa shape index (κ2) is 5.51. The van der Waals surface area contributed by atoms with Gasteiger partial charge in [0, 0.05) is 12.1 Å². The molecule has 1 aliphatic carbocycles. The number of hydrogen-bond acceptors (Lipinski definition) is 3. The third-order valence-corrected chi connectivity index (χ3v) is 4.10. The van der Waals surface area contributed by atoms with Crippen LogP contribution in [0.15, 0.2) is 18.2 Å². The zero-order valence-corrected chi connectivity index (χ0v) is 11.5. The Bertz CT molecular complexity index is 464. The van der Waals surface area contributed by atoms with Crippen molar-refractivity contribution in [3.63, 3.8) is 0 Å². The lowest BCUT2D eigenvalue weighted by Crippen LogP contribution is -2.29. The Balaban J connectivity index is 2.06. The van der Waals surface area contributed by atoms with Gasteiger partial charge in [-0.05, 0) is 36.5 Å². The average molecular weight is 261 g/mol. The number of nitrogens with one attached hydrogen (secondary N) is 1. The fourth-order valence-corrected chi connectivity index (χ4v) is 2.75. The van der Waals surface area contributed by atoms with Crippen LogP contribution in [0.25, 0.3) is 0 Å². The lowest BCUT2D eigenvalue weighted by molar-refractivity contribution is 0.100. The number of primary amides is 1. The molecule has 2 rings (SSSR count). The monoisotopic (exact) mass is 261 g/mol. The number of anilines is 2. The van der Waals surface area contributed by atoms with Crippen molar-refractivity contribution in [1.29, 1.82) is 0 Å². The zero-order valence-electron chi connectivity index (χ0n) is 11.5. The average Bonchev–Trinajstić information content (AvgIpc) is 2.38. The predicted molar refractivity (Wildman–Crippen MR) is 79.1 cm³/mol. The highest BCUT2D eigenvalue weighted by molar-refractivity contribution is 5.94. The van der Waals surface area contributed by atoms with Crippen molar-refractivity contribution in [2.24, 2.45) is 11.1 Å². The molecular weight excluding hydrogens is 238 g/mol. The molecule has 104 valence electrons. The molecule has 0 heterocycles. The lowest BCUT2D eigenvalue weighted by atomic mass is 9.75. The van der Waals surface area contributed by atoms with E-state index in [9.17, 15) is 4.79 Å². The number of benzene rings is 1. The van der Waals surface area contributed by atoms with Crippen molar-refractivity contribution >= 4 is 17.3 Å². The third kappa shape index (κ3) is 3.40. The van der Waals surface area contributed by atoms with Crippen LogP contribution < -0.4 is 16.8 Å². The molecule has 0 aliphatic heterocycles. The molecule has 0 atom stereocenters. The molecule has 1 aromatic carbocycles. The van der Waals surface area contributed by atoms with Crippen LogP contribution in [0, 0.1) is 5.41 Å². The van der Waals surface area contributed by atoms with Gasteiger partial charge in [0.2, 0.25) is 5.91 Å². The molecule has 1 amide bonds. The van der Waals surface area contributed by atoms with Crippen molar-refractivity contribution in [2.75, 3.05) is 17.6 Å². The Morgan fingerprint density at radius 3 is 2.63 bits per heavy atom. The molecule has 4 nitrogen and oxygen atoms in total. The van der Waals surface area contributed by atoms with Crippen LogP contribution >= 0.6 is 0 Å². The third-order valence-electron chi connectivity index (χ3n) is 4.10. The van der Waals surface area contributed by atoms with E-state index in [2.05, 4.69) is 12.2 Å². The topological polar surface area (TPSA) is 81.1 Å². The first-order valence-corrected chi connectivity index (χ1v) is 6.93. The normalized spacial score (nSPS) is 17.9. The molecule has 5 N–H and O–H groups in total. The Morgan fingerprint density at radius 2 is 2.00 bits per heavy atom. The summed E-state index contributed by atoms with van der Waals surface area (Å²) in [5.74, 6) is -0.424. The van der Waals surface area contributed by atoms with Crippen LogP contribution in [-0.4, -0.2) is 12.5 Å². The maximum Gasteiger partial charge on any atom is 0.248 e. The summed E-state index contributed by atoms with van der Waals surface area (Å²) in [5.41, 5.74) is 13.5. The van der Waals surface area contributed by atoms with Crippen molar-refractivity contribution in [1.82, 2.24) is 0 Å². The number of carbonyl (C=O) groups is 1. The smallest absolute Gasteiger partial charge is 0.248 e. The summed E-state index contributed by atoms with van der Waals surface area (Å²) in [4.78, 5) is 11.2. The van der Waals surface area contributed by atoms with Gasteiger partial charge in [-0.3, -0.25) is 4.79 Å². The molecule has 0 unspecified atom stereocenters. The molecular formula is C15H23N3O. The van der Waals surface area contributed by atoms with Gasteiger partial charge in [-0.1, -0.05) is 26.2 Å². The number of hydrogen-bond donors (Lipinski definition) is 3. The van der Waals surface area contributed by atoms with Crippen molar-refractivity contribution < 1.29 is 4.79 Å². The second-order valence-corrected chi connectivity index (χ2v) is 5.89. The van der Waals surface area contributed by atoms with E-state index in [1.807, 2.05) is 0 Å². The first-order chi connectivity index (χ1) is 9.00. The van der Waals surface area contributed by atoms with Crippen LogP contribution in [0.1, 0.15) is 49.4 Å². The Kier molecular flexibility index (Phi) is 3.98. The summed E-state index contributed by atoms with van der Waals surface area (Å²) in [6, 6.07) is 5.13. The van der Waals surface area contributed by atoms with Crippen LogP contribution in [0.4, 0.5) is 11.4 Å². The van der Waals surface area contributed by atoms with Crippen molar-refractivity contribution in [3.8, 4) is 0 Å². The molecule has 0 bridgehead atoms. The maximum atomic E-state index is 11.2. The van der Waals surface area contributed by atoms with E-state index in [-0.39, 0.29) is 0 Å². The van der Waals surface area contributed by atoms with Crippen molar-refractivity contribution in [3.05, 3.63) is 23.8 Å². The van der Waals surface area contributed by atoms with Gasteiger partial charge >= 0.3 is 0 Å². The highest BCUT2D eigenvalue weighted by Crippen LogP contribution is 2.36. The van der Waals surface area contributed by atoms with Gasteiger partial charge in [0.05, 0.1) is 11.4 Å². The van der Waals surface area contributed by atoms with E-state index in [4.69, 9.17) is 11.5 Å². The van der Waals surface area contributed by atoms with Gasteiger partial charge in [-0.2, -0.15) is 0 Å². The second-order valence-electron chi connectivity index (χ2n) is 5.89. The van der Waals surface area contributed by atoms with Gasteiger partial charge < -0.3 is 16.8 Å². The molecule has 0 saturated heterocycles. The highest BCUT2D eigenvalue weighted by atomic mass is 16.1. The van der Waals surface area contributed by atoms with Crippen LogP contribution in [-0.2, 0) is 0 Å². The molecule has 0 radical (unpaired) electrons. The molecule has 0 spiro atoms. The minimum Gasteiger partial charge on any atom is -0.397 e. The van der Waals surface area contributed by atoms with Gasteiger partial charge in [0.25, 0.3) is 0 Å². The lowest BCUT2D eigenvalue weighted by Gasteiger charge is -2.34. The van der Waals surface area contributed by atoms with Crippen LogP contribution in [0.2, 0.25) is 0 Å². The van der Waals surface area contributed by atoms with E-state index in [1.54, 1.807) is 18.2 Å². The van der Waals surface area contributed by atoms with Gasteiger partial charge in [0.15, 0.2) is 0 Å². The fraction of sp³-hybridized carbons (Fsp3) is 0.533. The molecule has 1 aromatic rings. The highest BCUT2D eigenvalue weighted by Gasteiger charge is 2.26. The summed E-state index contributed by atoms with van der Waals surface area (Å²) in [6.45, 7) is 3.20. The predicted octanol–water partition coefficient (Wildman–Crippen LogP) is 2.75. The van der Waals surface area contributed by atoms with Crippen molar-refractivity contribution in [2.45, 2.75) is 39.0 Å². The SMILES string of the molecule is CC1(CNc2cc(C(N)=O)ccc2N)CCCCC1. The van der Waals surface area contributed by atoms with Gasteiger partial charge in [-0.25, -0.2) is 0 Å². The first-order valence-electron chi connectivity index (χ1n) is 6.93. The number of nitrogens with two attached hydrogens (primary N) is 2. The minimum atomic E-state index is -0.424. The maximum absolute atomic E-state index is 11.2. The Morgan fingerprint density at radius 1 is 1.32 bits per heavy atom. The fourth-order valence-electron chi connectivity index (χ4n) is 2.75. The first kappa shape index (κ1) is 13.7. The number of amides is 1. The van der Waals surface area contributed by atoms with Crippen LogP contribution in [0.5, 0.6) is 0 Å². The summed E-state index contributed by atoms with van der Waals surface area (Å²) < 4.78 is 0. The number of rotatable bonds is 4. The molecule has 1 saturated carbocycles. The summed E-state index contributed by atoms with van der Waals surface area (Å²) >= 11 is 0. The number of carbonyl (C=O) groups excluding carboxylic acids is 1. The van der Waals surface area contributed by atoms with E-state index in [1.165, 1.54) is 32.1 Å². The van der Waals surface area contributed by atoms with E-state index < -0.39 is 5.91 Å². The molecule has 1 aliphatic rings. The molecule has 1 fully saturated rings. The Hall–Kier alpha value is -1.71. The van der Waals surface area contributed by atoms with Gasteiger partial charge in [-0.15, -0.1) is 0 Å². The van der Waals surface area contributed by atoms with E-state index in [0.717, 1.165) is 12.2 Å². The zero-order chi connectivity index (χ0) is 13.9. The Labute approximate surface area is 114 Å². The van der Waals surface area contributed by atoms with Crippen LogP contribution in [0.3, 0.4) is 0 Å². The largest absolute Gasteiger partial charge is 0.397 e. The standard InChI is InChI=1S/C15H23N3O/c1-15(7-3-2-4-8-15)10-18-13-9-11(14(17)19)5-6-12(13)16/h5-6,9,18H,2-4,7-8,10,16H2,1H3,(H2,17,19). The molecule has 19 heavy (non-hydrogen) atoms. The summed E-state index contributed by atoms with van der Waals surface area (Å²) in [5, 5.41) is 3.39. The van der Waals surface area contributed by atoms with E-state index in [0.29, 0.717) is 16.7 Å². The number of nitrogen functional groups attached to an aromatic ring is 1.